The van der Waals surface area contributed by atoms with Gasteiger partial charge in [0.25, 0.3) is 0 Å². The Kier molecular flexibility index (Phi) is 7.80. The highest BCUT2D eigenvalue weighted by Gasteiger charge is 2.22. The van der Waals surface area contributed by atoms with E-state index in [-0.39, 0.29) is 17.0 Å². The molecule has 0 spiro atoms. The maximum Gasteiger partial charge on any atom is 0.141 e. The standard InChI is InChI=1S/C28H21BrCl2FN7/c1-15(2)39-14-26(37-38-39)21(17-8-19(29)13-34-11-17)5-16-6-22-27(36-20-3-4-25(32)23(30)9-20)18(10-33)12-35-28(22)24(31)7-16/h3-4,6-9,11-15,21H,5H2,1-2H3,(H,35,36)/t21-/m0/s1. The van der Waals surface area contributed by atoms with Gasteiger partial charge in [0.1, 0.15) is 11.9 Å². The van der Waals surface area contributed by atoms with Crippen molar-refractivity contribution in [1.29, 1.82) is 5.26 Å². The van der Waals surface area contributed by atoms with Crippen molar-refractivity contribution < 1.29 is 4.39 Å². The van der Waals surface area contributed by atoms with E-state index in [0.29, 0.717) is 39.3 Å². The SMILES string of the molecule is CC(C)n1cc([C@@H](Cc2cc(Cl)c3ncc(C#N)c(Nc4ccc(F)c(Cl)c4)c3c2)c2cncc(Br)c2)nn1. The number of nitrogens with zero attached hydrogens (tertiary/aromatic N) is 6. The Bertz CT molecular complexity index is 1730. The fourth-order valence-electron chi connectivity index (χ4n) is 4.32. The van der Waals surface area contributed by atoms with Crippen molar-refractivity contribution in [3.63, 3.8) is 0 Å². The van der Waals surface area contributed by atoms with E-state index < -0.39 is 5.82 Å². The van der Waals surface area contributed by atoms with Crippen LogP contribution in [0.25, 0.3) is 10.9 Å². The molecule has 3 heterocycles. The average molecular weight is 625 g/mol. The molecule has 5 aromatic rings. The van der Waals surface area contributed by atoms with Crippen LogP contribution in [0.1, 0.15) is 48.2 Å². The van der Waals surface area contributed by atoms with Crippen molar-refractivity contribution in [2.24, 2.45) is 0 Å². The van der Waals surface area contributed by atoms with E-state index in [1.54, 1.807) is 12.3 Å². The van der Waals surface area contributed by atoms with Crippen LogP contribution in [-0.2, 0) is 6.42 Å². The number of aromatic nitrogens is 5. The van der Waals surface area contributed by atoms with Gasteiger partial charge < -0.3 is 5.32 Å². The molecule has 39 heavy (non-hydrogen) atoms. The van der Waals surface area contributed by atoms with Crippen LogP contribution in [-0.4, -0.2) is 25.0 Å². The molecule has 0 saturated heterocycles. The number of anilines is 2. The number of benzene rings is 2. The lowest BCUT2D eigenvalue weighted by Crippen LogP contribution is -2.07. The van der Waals surface area contributed by atoms with E-state index in [1.165, 1.54) is 18.3 Å². The molecule has 0 aliphatic rings. The molecule has 0 radical (unpaired) electrons. The van der Waals surface area contributed by atoms with E-state index in [2.05, 4.69) is 47.6 Å². The summed E-state index contributed by atoms with van der Waals surface area (Å²) in [5.41, 5.74) is 4.51. The maximum absolute atomic E-state index is 13.8. The highest BCUT2D eigenvalue weighted by molar-refractivity contribution is 9.10. The zero-order valence-corrected chi connectivity index (χ0v) is 23.9. The molecule has 5 rings (SSSR count). The Morgan fingerprint density at radius 3 is 2.62 bits per heavy atom. The minimum absolute atomic E-state index is 0.0319. The minimum Gasteiger partial charge on any atom is -0.354 e. The molecular weight excluding hydrogens is 604 g/mol. The predicted molar refractivity (Wildman–Crippen MR) is 154 cm³/mol. The first-order chi connectivity index (χ1) is 18.7. The van der Waals surface area contributed by atoms with E-state index in [9.17, 15) is 9.65 Å². The molecule has 1 N–H and O–H groups in total. The zero-order valence-electron chi connectivity index (χ0n) is 20.8. The van der Waals surface area contributed by atoms with E-state index in [1.807, 2.05) is 49.1 Å². The first-order valence-electron chi connectivity index (χ1n) is 12.0. The number of halogens is 4. The fourth-order valence-corrected chi connectivity index (χ4v) is 5.18. The van der Waals surface area contributed by atoms with Crippen LogP contribution >= 0.6 is 39.1 Å². The van der Waals surface area contributed by atoms with Crippen LogP contribution in [0.15, 0.2) is 65.7 Å². The molecule has 7 nitrogen and oxygen atoms in total. The summed E-state index contributed by atoms with van der Waals surface area (Å²) in [5, 5.41) is 22.9. The van der Waals surface area contributed by atoms with Gasteiger partial charge >= 0.3 is 0 Å². The monoisotopic (exact) mass is 623 g/mol. The molecule has 2 aromatic carbocycles. The lowest BCUT2D eigenvalue weighted by Gasteiger charge is -2.17. The topological polar surface area (TPSA) is 92.3 Å². The first-order valence-corrected chi connectivity index (χ1v) is 13.5. The van der Waals surface area contributed by atoms with Crippen molar-refractivity contribution in [3.05, 3.63) is 104 Å². The summed E-state index contributed by atoms with van der Waals surface area (Å²) in [6.07, 6.45) is 7.48. The molecular formula is C28H21BrCl2FN7. The Labute approximate surface area is 242 Å². The number of hydrogen-bond donors (Lipinski definition) is 1. The maximum atomic E-state index is 13.8. The lowest BCUT2D eigenvalue weighted by atomic mass is 9.90. The van der Waals surface area contributed by atoms with Gasteiger partial charge in [-0.05, 0) is 83.7 Å². The fraction of sp³-hybridized carbons (Fsp3) is 0.179. The van der Waals surface area contributed by atoms with Crippen LogP contribution in [0, 0.1) is 17.1 Å². The van der Waals surface area contributed by atoms with Crippen LogP contribution in [0.2, 0.25) is 10.0 Å². The molecule has 3 aromatic heterocycles. The second kappa shape index (κ2) is 11.3. The minimum atomic E-state index is -0.532. The van der Waals surface area contributed by atoms with Crippen molar-refractivity contribution in [2.45, 2.75) is 32.2 Å². The third-order valence-electron chi connectivity index (χ3n) is 6.28. The van der Waals surface area contributed by atoms with Crippen molar-refractivity contribution in [2.75, 3.05) is 5.32 Å². The molecule has 11 heteroatoms. The zero-order chi connectivity index (χ0) is 27.7. The third-order valence-corrected chi connectivity index (χ3v) is 7.29. The van der Waals surface area contributed by atoms with Crippen molar-refractivity contribution >= 4 is 61.4 Å². The Balaban J connectivity index is 1.62. The Morgan fingerprint density at radius 1 is 1.10 bits per heavy atom. The molecule has 0 fully saturated rings. The predicted octanol–water partition coefficient (Wildman–Crippen LogP) is 8.00. The highest BCUT2D eigenvalue weighted by Crippen LogP contribution is 2.36. The first kappa shape index (κ1) is 27.0. The van der Waals surface area contributed by atoms with Gasteiger partial charge in [0.2, 0.25) is 0 Å². The van der Waals surface area contributed by atoms with Gasteiger partial charge in [0.05, 0.1) is 32.5 Å². The highest BCUT2D eigenvalue weighted by atomic mass is 79.9. The summed E-state index contributed by atoms with van der Waals surface area (Å²) >= 11 is 16.2. The summed E-state index contributed by atoms with van der Waals surface area (Å²) in [7, 11) is 0. The average Bonchev–Trinajstić information content (AvgIpc) is 3.40. The van der Waals surface area contributed by atoms with Crippen LogP contribution in [0.4, 0.5) is 15.8 Å². The molecule has 196 valence electrons. The smallest absolute Gasteiger partial charge is 0.141 e. The normalized spacial score (nSPS) is 12.1. The summed E-state index contributed by atoms with van der Waals surface area (Å²) in [6, 6.07) is 12.4. The van der Waals surface area contributed by atoms with Gasteiger partial charge in [0, 0.05) is 52.3 Å². The van der Waals surface area contributed by atoms with Gasteiger partial charge in [-0.3, -0.25) is 9.97 Å². The van der Waals surface area contributed by atoms with Gasteiger partial charge in [-0.25, -0.2) is 9.07 Å². The summed E-state index contributed by atoms with van der Waals surface area (Å²) in [5.74, 6) is -0.703. The molecule has 0 saturated carbocycles. The van der Waals surface area contributed by atoms with Gasteiger partial charge in [0.15, 0.2) is 0 Å². The van der Waals surface area contributed by atoms with Crippen molar-refractivity contribution in [3.8, 4) is 6.07 Å². The number of nitriles is 1. The van der Waals surface area contributed by atoms with Gasteiger partial charge in [-0.2, -0.15) is 5.26 Å². The Hall–Kier alpha value is -3.58. The summed E-state index contributed by atoms with van der Waals surface area (Å²) in [6.45, 7) is 4.08. The molecule has 0 amide bonds. The van der Waals surface area contributed by atoms with Gasteiger partial charge in [-0.15, -0.1) is 5.10 Å². The second-order valence-corrected chi connectivity index (χ2v) is 11.0. The molecule has 0 aliphatic carbocycles. The number of nitrogens with one attached hydrogen (secondary N) is 1. The molecule has 1 atom stereocenters. The molecule has 0 aliphatic heterocycles. The number of pyridine rings is 2. The lowest BCUT2D eigenvalue weighted by molar-refractivity contribution is 0.514. The molecule has 0 unspecified atom stereocenters. The number of rotatable bonds is 7. The van der Waals surface area contributed by atoms with E-state index in [0.717, 1.165) is 21.3 Å². The number of hydrogen-bond acceptors (Lipinski definition) is 6. The van der Waals surface area contributed by atoms with E-state index >= 15 is 0 Å². The molecule has 0 bridgehead atoms. The van der Waals surface area contributed by atoms with E-state index in [4.69, 9.17) is 23.2 Å². The Morgan fingerprint density at radius 2 is 1.92 bits per heavy atom. The number of fused-ring (bicyclic) bond motifs is 1. The van der Waals surface area contributed by atoms with Gasteiger partial charge in [-0.1, -0.05) is 28.4 Å². The third kappa shape index (κ3) is 5.74. The second-order valence-electron chi connectivity index (χ2n) is 9.30. The summed E-state index contributed by atoms with van der Waals surface area (Å²) in [4.78, 5) is 8.79. The van der Waals surface area contributed by atoms with Crippen LogP contribution in [0.5, 0.6) is 0 Å². The van der Waals surface area contributed by atoms with Crippen molar-refractivity contribution in [1.82, 2.24) is 25.0 Å². The quantitative estimate of drug-likeness (QED) is 0.197. The van der Waals surface area contributed by atoms with Crippen LogP contribution < -0.4 is 5.32 Å². The summed E-state index contributed by atoms with van der Waals surface area (Å²) < 4.78 is 16.4. The largest absolute Gasteiger partial charge is 0.354 e. The van der Waals surface area contributed by atoms with Crippen LogP contribution in [0.3, 0.4) is 0 Å².